The molecule has 6 heteroatoms. The predicted molar refractivity (Wildman–Crippen MR) is 107 cm³/mol. The molecule has 3 aromatic rings. The van der Waals surface area contributed by atoms with Crippen LogP contribution >= 0.6 is 23.4 Å². The number of para-hydroxylation sites is 1. The van der Waals surface area contributed by atoms with Gasteiger partial charge in [0.15, 0.2) is 5.16 Å². The second-order valence-corrected chi connectivity index (χ2v) is 7.67. The van der Waals surface area contributed by atoms with Gasteiger partial charge in [0.1, 0.15) is 0 Å². The molecule has 2 aromatic carbocycles. The lowest BCUT2D eigenvalue weighted by atomic mass is 10.0. The van der Waals surface area contributed by atoms with Crippen LogP contribution < -0.4 is 5.56 Å². The van der Waals surface area contributed by atoms with Gasteiger partial charge in [0.05, 0.1) is 22.7 Å². The van der Waals surface area contributed by atoms with Crippen molar-refractivity contribution in [2.75, 3.05) is 5.75 Å². The second-order valence-electron chi connectivity index (χ2n) is 6.17. The first-order valence-electron chi connectivity index (χ1n) is 8.34. The van der Waals surface area contributed by atoms with Gasteiger partial charge >= 0.3 is 0 Å². The predicted octanol–water partition coefficient (Wildman–Crippen LogP) is 5.17. The Morgan fingerprint density at radius 2 is 2.04 bits per heavy atom. The zero-order valence-corrected chi connectivity index (χ0v) is 16.1. The highest BCUT2D eigenvalue weighted by Crippen LogP contribution is 2.27. The first kappa shape index (κ1) is 18.5. The highest BCUT2D eigenvalue weighted by molar-refractivity contribution is 7.99. The van der Waals surface area contributed by atoms with Crippen LogP contribution in [0.25, 0.3) is 16.6 Å². The van der Waals surface area contributed by atoms with E-state index in [1.807, 2.05) is 24.3 Å². The Balaban J connectivity index is 2.30. The van der Waals surface area contributed by atoms with Crippen LogP contribution in [0.15, 0.2) is 52.4 Å². The Hall–Kier alpha value is -2.29. The first-order valence-corrected chi connectivity index (χ1v) is 9.70. The summed E-state index contributed by atoms with van der Waals surface area (Å²) in [6.45, 7) is 4.20. The number of thioether (sulfide) groups is 1. The number of hydrogen-bond acceptors (Lipinski definition) is 4. The van der Waals surface area contributed by atoms with Gasteiger partial charge in [-0.1, -0.05) is 55.4 Å². The van der Waals surface area contributed by atoms with E-state index >= 15 is 0 Å². The third-order valence-corrected chi connectivity index (χ3v) is 5.22. The molecule has 3 rings (SSSR count). The van der Waals surface area contributed by atoms with Gasteiger partial charge in [-0.15, -0.1) is 0 Å². The summed E-state index contributed by atoms with van der Waals surface area (Å²) in [5.74, 6) is 0.828. The smallest absolute Gasteiger partial charge is 0.266 e. The molecule has 132 valence electrons. The molecule has 0 atom stereocenters. The lowest BCUT2D eigenvalue weighted by molar-refractivity contribution is 0.780. The number of halogens is 1. The normalized spacial score (nSPS) is 11.0. The molecule has 0 aliphatic carbocycles. The van der Waals surface area contributed by atoms with Crippen molar-refractivity contribution in [2.24, 2.45) is 0 Å². The lowest BCUT2D eigenvalue weighted by Gasteiger charge is -2.18. The molecule has 0 aliphatic rings. The summed E-state index contributed by atoms with van der Waals surface area (Å²) in [5.41, 5.74) is 2.35. The standard InChI is InChI=1S/C20H18ClN3OS/c1-13(2)15-6-3-4-7-18(15)24-19(25)16-9-8-14(21)12-17(16)23-20(24)26-11-5-10-22/h3-4,6-9,12-13H,5,11H2,1-2H3. The maximum Gasteiger partial charge on any atom is 0.266 e. The zero-order valence-electron chi connectivity index (χ0n) is 14.6. The van der Waals surface area contributed by atoms with Crippen molar-refractivity contribution >= 4 is 34.3 Å². The van der Waals surface area contributed by atoms with E-state index in [0.717, 1.165) is 11.3 Å². The third kappa shape index (κ3) is 3.62. The minimum absolute atomic E-state index is 0.126. The van der Waals surface area contributed by atoms with Crippen molar-refractivity contribution in [1.29, 1.82) is 5.26 Å². The highest BCUT2D eigenvalue weighted by atomic mass is 35.5. The molecule has 4 nitrogen and oxygen atoms in total. The summed E-state index contributed by atoms with van der Waals surface area (Å²) in [4.78, 5) is 17.9. The van der Waals surface area contributed by atoms with Crippen molar-refractivity contribution in [2.45, 2.75) is 31.3 Å². The van der Waals surface area contributed by atoms with Gasteiger partial charge < -0.3 is 0 Å². The van der Waals surface area contributed by atoms with E-state index in [9.17, 15) is 4.79 Å². The number of hydrogen-bond donors (Lipinski definition) is 0. The van der Waals surface area contributed by atoms with Gasteiger partial charge in [-0.05, 0) is 35.7 Å². The second kappa shape index (κ2) is 7.94. The number of nitriles is 1. The summed E-state index contributed by atoms with van der Waals surface area (Å²) in [5, 5.41) is 10.5. The quantitative estimate of drug-likeness (QED) is 0.346. The van der Waals surface area contributed by atoms with Crippen molar-refractivity contribution < 1.29 is 0 Å². The molecule has 0 fully saturated rings. The van der Waals surface area contributed by atoms with Gasteiger partial charge in [0.2, 0.25) is 0 Å². The Bertz CT molecular complexity index is 1050. The fraction of sp³-hybridized carbons (Fsp3) is 0.250. The Morgan fingerprint density at radius 1 is 1.27 bits per heavy atom. The number of fused-ring (bicyclic) bond motifs is 1. The minimum Gasteiger partial charge on any atom is -0.268 e. The Morgan fingerprint density at radius 3 is 2.77 bits per heavy atom. The van der Waals surface area contributed by atoms with Crippen LogP contribution in [0.5, 0.6) is 0 Å². The fourth-order valence-corrected chi connectivity index (χ4v) is 3.83. The average molecular weight is 384 g/mol. The molecular formula is C20H18ClN3OS. The molecule has 1 heterocycles. The summed E-state index contributed by atoms with van der Waals surface area (Å²) >= 11 is 7.48. The zero-order chi connectivity index (χ0) is 18.7. The van der Waals surface area contributed by atoms with E-state index in [1.165, 1.54) is 11.8 Å². The first-order chi connectivity index (χ1) is 12.5. The third-order valence-electron chi connectivity index (χ3n) is 4.05. The van der Waals surface area contributed by atoms with Gasteiger partial charge in [0.25, 0.3) is 5.56 Å². The number of benzene rings is 2. The summed E-state index contributed by atoms with van der Waals surface area (Å²) in [6, 6.07) is 15.1. The van der Waals surface area contributed by atoms with Crippen LogP contribution in [0.1, 0.15) is 31.7 Å². The van der Waals surface area contributed by atoms with E-state index in [4.69, 9.17) is 16.9 Å². The molecule has 0 N–H and O–H groups in total. The van der Waals surface area contributed by atoms with Gasteiger partial charge in [-0.3, -0.25) is 9.36 Å². The molecule has 0 saturated heterocycles. The lowest BCUT2D eigenvalue weighted by Crippen LogP contribution is -2.23. The van der Waals surface area contributed by atoms with Gasteiger partial charge in [-0.25, -0.2) is 4.98 Å². The molecule has 1 aromatic heterocycles. The van der Waals surface area contributed by atoms with E-state index in [2.05, 4.69) is 24.9 Å². The molecule has 0 bridgehead atoms. The highest BCUT2D eigenvalue weighted by Gasteiger charge is 2.17. The molecule has 0 amide bonds. The molecular weight excluding hydrogens is 366 g/mol. The van der Waals surface area contributed by atoms with Crippen LogP contribution in [0.2, 0.25) is 5.02 Å². The van der Waals surface area contributed by atoms with Crippen LogP contribution in [-0.4, -0.2) is 15.3 Å². The SMILES string of the molecule is CC(C)c1ccccc1-n1c(SCCC#N)nc2cc(Cl)ccc2c1=O. The number of rotatable bonds is 5. The maximum atomic E-state index is 13.3. The number of nitrogens with zero attached hydrogens (tertiary/aromatic N) is 3. The molecule has 26 heavy (non-hydrogen) atoms. The van der Waals surface area contributed by atoms with Crippen LogP contribution in [0, 0.1) is 11.3 Å². The summed E-state index contributed by atoms with van der Waals surface area (Å²) in [7, 11) is 0. The molecule has 0 aliphatic heterocycles. The van der Waals surface area contributed by atoms with Crippen molar-refractivity contribution in [3.05, 3.63) is 63.4 Å². The summed E-state index contributed by atoms with van der Waals surface area (Å²) in [6.07, 6.45) is 0.389. The van der Waals surface area contributed by atoms with Crippen LogP contribution in [0.4, 0.5) is 0 Å². The van der Waals surface area contributed by atoms with Gasteiger partial charge in [0, 0.05) is 17.2 Å². The van der Waals surface area contributed by atoms with Crippen LogP contribution in [0.3, 0.4) is 0 Å². The monoisotopic (exact) mass is 383 g/mol. The maximum absolute atomic E-state index is 13.3. The van der Waals surface area contributed by atoms with Crippen molar-refractivity contribution in [1.82, 2.24) is 9.55 Å². The average Bonchev–Trinajstić information content (AvgIpc) is 2.62. The molecule has 0 spiro atoms. The molecule has 0 unspecified atom stereocenters. The molecule has 0 saturated carbocycles. The molecule has 0 radical (unpaired) electrons. The Kier molecular flexibility index (Phi) is 5.65. The van der Waals surface area contributed by atoms with Crippen molar-refractivity contribution in [3.8, 4) is 11.8 Å². The van der Waals surface area contributed by atoms with E-state index < -0.39 is 0 Å². The topological polar surface area (TPSA) is 58.7 Å². The number of aromatic nitrogens is 2. The van der Waals surface area contributed by atoms with E-state index in [0.29, 0.717) is 33.3 Å². The van der Waals surface area contributed by atoms with Gasteiger partial charge in [-0.2, -0.15) is 5.26 Å². The Labute approximate surface area is 161 Å². The van der Waals surface area contributed by atoms with Crippen LogP contribution in [-0.2, 0) is 0 Å². The van der Waals surface area contributed by atoms with E-state index in [1.54, 1.807) is 22.8 Å². The minimum atomic E-state index is -0.126. The fourth-order valence-electron chi connectivity index (χ4n) is 2.82. The van der Waals surface area contributed by atoms with Crippen molar-refractivity contribution in [3.63, 3.8) is 0 Å². The summed E-state index contributed by atoms with van der Waals surface area (Å²) < 4.78 is 1.66. The van der Waals surface area contributed by atoms with E-state index in [-0.39, 0.29) is 11.5 Å². The largest absolute Gasteiger partial charge is 0.268 e.